The highest BCUT2D eigenvalue weighted by Gasteiger charge is 2.17. The van der Waals surface area contributed by atoms with Crippen molar-refractivity contribution in [3.05, 3.63) is 42.9 Å². The maximum Gasteiger partial charge on any atom is 0.240 e. The van der Waals surface area contributed by atoms with Crippen LogP contribution in [0.5, 0.6) is 0 Å². The Balaban J connectivity index is 1.96. The van der Waals surface area contributed by atoms with Crippen molar-refractivity contribution < 1.29 is 9.90 Å². The lowest BCUT2D eigenvalue weighted by Gasteiger charge is -2.22. The minimum Gasteiger partial charge on any atom is -0.394 e. The first-order chi connectivity index (χ1) is 10.6. The highest BCUT2D eigenvalue weighted by atomic mass is 16.3. The van der Waals surface area contributed by atoms with E-state index >= 15 is 0 Å². The van der Waals surface area contributed by atoms with Gasteiger partial charge < -0.3 is 15.0 Å². The number of nitrogens with one attached hydrogen (secondary N) is 1. The molecular formula is C17H23N3O2. The molecule has 2 aromatic rings. The van der Waals surface area contributed by atoms with Crippen LogP contribution < -0.4 is 5.32 Å². The fraction of sp³-hybridized carbons (Fsp3) is 0.412. The number of hydrogen-bond donors (Lipinski definition) is 2. The first-order valence-electron chi connectivity index (χ1n) is 7.61. The summed E-state index contributed by atoms with van der Waals surface area (Å²) in [5.74, 6) is 0.132. The number of aromatic nitrogens is 2. The molecule has 0 radical (unpaired) electrons. The Bertz CT molecular complexity index is 595. The van der Waals surface area contributed by atoms with Gasteiger partial charge in [0.2, 0.25) is 5.91 Å². The lowest BCUT2D eigenvalue weighted by molar-refractivity contribution is -0.123. The normalized spacial score (nSPS) is 13.6. The first kappa shape index (κ1) is 16.2. The summed E-state index contributed by atoms with van der Waals surface area (Å²) in [5, 5.41) is 12.2. The highest BCUT2D eigenvalue weighted by Crippen LogP contribution is 2.15. The van der Waals surface area contributed by atoms with Crippen LogP contribution in [0.1, 0.15) is 20.3 Å². The fourth-order valence-corrected chi connectivity index (χ4v) is 2.28. The summed E-state index contributed by atoms with van der Waals surface area (Å²) in [6.45, 7) is 4.22. The molecule has 5 heteroatoms. The SMILES string of the molecule is CC[C@@H](C)[C@@H](CO)NC(=O)Cn1cnc(-c2ccccc2)c1. The van der Waals surface area contributed by atoms with Crippen LogP contribution in [0.25, 0.3) is 11.3 Å². The average molecular weight is 301 g/mol. The van der Waals surface area contributed by atoms with Crippen LogP contribution in [0, 0.1) is 5.92 Å². The number of nitrogens with zero attached hydrogens (tertiary/aromatic N) is 2. The molecule has 0 aliphatic rings. The standard InChI is InChI=1S/C17H23N3O2/c1-3-13(2)16(11-21)19-17(22)10-20-9-15(18-12-20)14-7-5-4-6-8-14/h4-9,12-13,16,21H,3,10-11H2,1-2H3,(H,19,22)/t13-,16-/m1/s1. The second-order valence-corrected chi connectivity index (χ2v) is 5.54. The Kier molecular flexibility index (Phi) is 5.72. The Morgan fingerprint density at radius 3 is 2.73 bits per heavy atom. The molecule has 1 aromatic heterocycles. The Hall–Kier alpha value is -2.14. The quantitative estimate of drug-likeness (QED) is 0.822. The van der Waals surface area contributed by atoms with Crippen molar-refractivity contribution in [1.29, 1.82) is 0 Å². The van der Waals surface area contributed by atoms with Crippen molar-refractivity contribution in [2.45, 2.75) is 32.9 Å². The summed E-state index contributed by atoms with van der Waals surface area (Å²) in [4.78, 5) is 16.4. The summed E-state index contributed by atoms with van der Waals surface area (Å²) in [6, 6.07) is 9.64. The zero-order valence-electron chi connectivity index (χ0n) is 13.1. The third kappa shape index (κ3) is 4.18. The van der Waals surface area contributed by atoms with Gasteiger partial charge in [-0.25, -0.2) is 4.98 Å². The molecule has 1 heterocycles. The molecule has 0 saturated heterocycles. The van der Waals surface area contributed by atoms with Gasteiger partial charge in [-0.2, -0.15) is 0 Å². The third-order valence-corrected chi connectivity index (χ3v) is 3.90. The number of carbonyl (C=O) groups excluding carboxylic acids is 1. The van der Waals surface area contributed by atoms with Gasteiger partial charge in [-0.3, -0.25) is 4.79 Å². The topological polar surface area (TPSA) is 67.2 Å². The summed E-state index contributed by atoms with van der Waals surface area (Å²) in [6.07, 6.45) is 4.42. The summed E-state index contributed by atoms with van der Waals surface area (Å²) < 4.78 is 1.75. The molecular weight excluding hydrogens is 278 g/mol. The molecule has 1 aromatic carbocycles. The van der Waals surface area contributed by atoms with Gasteiger partial charge in [0.25, 0.3) is 0 Å². The molecule has 0 spiro atoms. The molecule has 0 saturated carbocycles. The van der Waals surface area contributed by atoms with Crippen molar-refractivity contribution in [3.63, 3.8) is 0 Å². The van der Waals surface area contributed by atoms with E-state index in [0.29, 0.717) is 0 Å². The molecule has 0 fully saturated rings. The maximum atomic E-state index is 12.1. The van der Waals surface area contributed by atoms with E-state index < -0.39 is 0 Å². The molecule has 0 aliphatic carbocycles. The first-order valence-corrected chi connectivity index (χ1v) is 7.61. The zero-order valence-corrected chi connectivity index (χ0v) is 13.1. The number of aliphatic hydroxyl groups excluding tert-OH is 1. The van der Waals surface area contributed by atoms with E-state index in [4.69, 9.17) is 0 Å². The summed E-state index contributed by atoms with van der Waals surface area (Å²) in [5.41, 5.74) is 1.86. The molecule has 2 atom stereocenters. The van der Waals surface area contributed by atoms with Crippen LogP contribution in [-0.2, 0) is 11.3 Å². The molecule has 1 amide bonds. The van der Waals surface area contributed by atoms with Crippen LogP contribution in [0.15, 0.2) is 42.9 Å². The van der Waals surface area contributed by atoms with Gasteiger partial charge in [-0.05, 0) is 5.92 Å². The maximum absolute atomic E-state index is 12.1. The summed E-state index contributed by atoms with van der Waals surface area (Å²) >= 11 is 0. The predicted molar refractivity (Wildman–Crippen MR) is 86.1 cm³/mol. The van der Waals surface area contributed by atoms with E-state index in [9.17, 15) is 9.90 Å². The largest absolute Gasteiger partial charge is 0.394 e. The van der Waals surface area contributed by atoms with Crippen molar-refractivity contribution in [2.24, 2.45) is 5.92 Å². The van der Waals surface area contributed by atoms with Crippen molar-refractivity contribution in [1.82, 2.24) is 14.9 Å². The molecule has 118 valence electrons. The summed E-state index contributed by atoms with van der Waals surface area (Å²) in [7, 11) is 0. The number of benzene rings is 1. The molecule has 0 bridgehead atoms. The van der Waals surface area contributed by atoms with E-state index in [1.807, 2.05) is 50.4 Å². The fourth-order valence-electron chi connectivity index (χ4n) is 2.28. The minimum absolute atomic E-state index is 0.0417. The average Bonchev–Trinajstić information content (AvgIpc) is 3.01. The van der Waals surface area contributed by atoms with Crippen molar-refractivity contribution in [2.75, 3.05) is 6.61 Å². The highest BCUT2D eigenvalue weighted by molar-refractivity contribution is 5.76. The lowest BCUT2D eigenvalue weighted by atomic mass is 10.00. The molecule has 0 unspecified atom stereocenters. The van der Waals surface area contributed by atoms with Crippen molar-refractivity contribution >= 4 is 5.91 Å². The third-order valence-electron chi connectivity index (χ3n) is 3.90. The Morgan fingerprint density at radius 2 is 2.09 bits per heavy atom. The number of amides is 1. The van der Waals surface area contributed by atoms with Gasteiger partial charge in [0.15, 0.2) is 0 Å². The van der Waals surface area contributed by atoms with Gasteiger partial charge in [0.1, 0.15) is 6.54 Å². The smallest absolute Gasteiger partial charge is 0.240 e. The van der Waals surface area contributed by atoms with E-state index in [1.165, 1.54) is 0 Å². The Morgan fingerprint density at radius 1 is 1.36 bits per heavy atom. The number of carbonyl (C=O) groups is 1. The van der Waals surface area contributed by atoms with Crippen LogP contribution in [0.2, 0.25) is 0 Å². The van der Waals surface area contributed by atoms with Gasteiger partial charge in [-0.1, -0.05) is 50.6 Å². The van der Waals surface area contributed by atoms with Gasteiger partial charge in [0, 0.05) is 11.8 Å². The van der Waals surface area contributed by atoms with Crippen LogP contribution in [0.3, 0.4) is 0 Å². The Labute approximate surface area is 131 Å². The van der Waals surface area contributed by atoms with Gasteiger partial charge in [-0.15, -0.1) is 0 Å². The number of aliphatic hydroxyl groups is 1. The molecule has 2 rings (SSSR count). The zero-order chi connectivity index (χ0) is 15.9. The van der Waals surface area contributed by atoms with Crippen molar-refractivity contribution in [3.8, 4) is 11.3 Å². The van der Waals surface area contributed by atoms with Gasteiger partial charge in [0.05, 0.1) is 24.7 Å². The van der Waals surface area contributed by atoms with E-state index in [1.54, 1.807) is 10.9 Å². The molecule has 0 aliphatic heterocycles. The number of rotatable bonds is 7. The molecule has 2 N–H and O–H groups in total. The number of hydrogen-bond acceptors (Lipinski definition) is 3. The van der Waals surface area contributed by atoms with E-state index in [0.717, 1.165) is 17.7 Å². The second-order valence-electron chi connectivity index (χ2n) is 5.54. The minimum atomic E-state index is -0.199. The number of imidazole rings is 1. The lowest BCUT2D eigenvalue weighted by Crippen LogP contribution is -2.43. The van der Waals surface area contributed by atoms with Crippen LogP contribution in [-0.4, -0.2) is 33.2 Å². The molecule has 5 nitrogen and oxygen atoms in total. The second kappa shape index (κ2) is 7.75. The van der Waals surface area contributed by atoms with Crippen LogP contribution >= 0.6 is 0 Å². The monoisotopic (exact) mass is 301 g/mol. The van der Waals surface area contributed by atoms with Gasteiger partial charge >= 0.3 is 0 Å². The molecule has 22 heavy (non-hydrogen) atoms. The van der Waals surface area contributed by atoms with Crippen LogP contribution in [0.4, 0.5) is 0 Å². The predicted octanol–water partition coefficient (Wildman–Crippen LogP) is 2.07. The van der Waals surface area contributed by atoms with E-state index in [2.05, 4.69) is 10.3 Å². The van der Waals surface area contributed by atoms with E-state index in [-0.39, 0.29) is 31.0 Å².